The lowest BCUT2D eigenvalue weighted by Gasteiger charge is -2.18. The molecule has 3 nitrogen and oxygen atoms in total. The third-order valence-corrected chi connectivity index (χ3v) is 1.33. The first-order valence-electron chi connectivity index (χ1n) is 2.88. The van der Waals surface area contributed by atoms with E-state index in [1.807, 2.05) is 6.92 Å². The minimum atomic E-state index is 0.0476. The molecule has 0 aliphatic rings. The van der Waals surface area contributed by atoms with Gasteiger partial charge in [0.05, 0.1) is 13.2 Å². The Morgan fingerprint density at radius 3 is 2.67 bits per heavy atom. The summed E-state index contributed by atoms with van der Waals surface area (Å²) in [4.78, 5) is 11.5. The summed E-state index contributed by atoms with van der Waals surface area (Å²) >= 11 is 0. The fourth-order valence-corrected chi connectivity index (χ4v) is 0.397. The van der Waals surface area contributed by atoms with Gasteiger partial charge in [-0.3, -0.25) is 9.69 Å². The number of nitrogens with zero attached hydrogens (tertiary/aromatic N) is 1. The predicted octanol–water partition coefficient (Wildman–Crippen LogP) is -0.591. The molecule has 0 aromatic heterocycles. The highest BCUT2D eigenvalue weighted by Crippen LogP contribution is 1.89. The van der Waals surface area contributed by atoms with Gasteiger partial charge in [0.15, 0.2) is 0 Å². The van der Waals surface area contributed by atoms with Crippen molar-refractivity contribution >= 4 is 6.29 Å². The minimum Gasteiger partial charge on any atom is -0.395 e. The molecule has 1 unspecified atom stereocenters. The van der Waals surface area contributed by atoms with E-state index in [1.54, 1.807) is 18.2 Å². The van der Waals surface area contributed by atoms with Gasteiger partial charge in [-0.05, 0) is 14.0 Å². The van der Waals surface area contributed by atoms with Crippen molar-refractivity contribution in [2.24, 2.45) is 0 Å². The first kappa shape index (κ1) is 8.59. The molecule has 0 saturated heterocycles. The van der Waals surface area contributed by atoms with Gasteiger partial charge in [0.1, 0.15) is 0 Å². The van der Waals surface area contributed by atoms with Crippen LogP contribution < -0.4 is 0 Å². The van der Waals surface area contributed by atoms with Crippen molar-refractivity contribution in [3.63, 3.8) is 0 Å². The summed E-state index contributed by atoms with van der Waals surface area (Å²) in [5.74, 6) is 0. The van der Waals surface area contributed by atoms with E-state index in [4.69, 9.17) is 5.11 Å². The molecule has 0 rings (SSSR count). The molecule has 0 amide bonds. The van der Waals surface area contributed by atoms with Gasteiger partial charge >= 0.3 is 0 Å². The zero-order chi connectivity index (χ0) is 7.28. The van der Waals surface area contributed by atoms with Crippen molar-refractivity contribution < 1.29 is 9.90 Å². The Balaban J connectivity index is 3.44. The Morgan fingerprint density at radius 1 is 1.78 bits per heavy atom. The average molecular weight is 130 g/mol. The van der Waals surface area contributed by atoms with E-state index in [-0.39, 0.29) is 19.2 Å². The maximum absolute atomic E-state index is 9.79. The zero-order valence-electron chi connectivity index (χ0n) is 5.79. The maximum atomic E-state index is 9.79. The van der Waals surface area contributed by atoms with Crippen LogP contribution in [0.25, 0.3) is 0 Å². The zero-order valence-corrected chi connectivity index (χ0v) is 5.79. The first-order valence-corrected chi connectivity index (χ1v) is 2.88. The molecule has 1 atom stereocenters. The molecule has 0 aliphatic carbocycles. The molecule has 0 fully saturated rings. The summed E-state index contributed by atoms with van der Waals surface area (Å²) < 4.78 is 0. The van der Waals surface area contributed by atoms with Crippen LogP contribution in [0.2, 0.25) is 0 Å². The van der Waals surface area contributed by atoms with Crippen LogP contribution in [0.4, 0.5) is 0 Å². The third-order valence-electron chi connectivity index (χ3n) is 1.33. The Kier molecular flexibility index (Phi) is 4.26. The third kappa shape index (κ3) is 3.21. The standard InChI is InChI=1S/C6H12NO2/c1-6(5-9)7(2)3-4-8/h6,9H,3,5H2,1-2H3. The van der Waals surface area contributed by atoms with Crippen molar-refractivity contribution in [3.8, 4) is 0 Å². The molecule has 0 aromatic carbocycles. The van der Waals surface area contributed by atoms with E-state index in [0.717, 1.165) is 0 Å². The van der Waals surface area contributed by atoms with Crippen LogP contribution >= 0.6 is 0 Å². The van der Waals surface area contributed by atoms with Crippen molar-refractivity contribution in [2.75, 3.05) is 20.2 Å². The van der Waals surface area contributed by atoms with Gasteiger partial charge in [0.25, 0.3) is 0 Å². The van der Waals surface area contributed by atoms with E-state index in [0.29, 0.717) is 0 Å². The average Bonchev–Trinajstić information content (AvgIpc) is 1.87. The fourth-order valence-electron chi connectivity index (χ4n) is 0.397. The number of hydrogen-bond acceptors (Lipinski definition) is 3. The van der Waals surface area contributed by atoms with Crippen molar-refractivity contribution in [3.05, 3.63) is 0 Å². The normalized spacial score (nSPS) is 13.8. The van der Waals surface area contributed by atoms with E-state index >= 15 is 0 Å². The second kappa shape index (κ2) is 4.47. The van der Waals surface area contributed by atoms with Gasteiger partial charge in [0, 0.05) is 6.04 Å². The van der Waals surface area contributed by atoms with Crippen molar-refractivity contribution in [1.29, 1.82) is 0 Å². The highest BCUT2D eigenvalue weighted by atomic mass is 16.3. The van der Waals surface area contributed by atoms with E-state index in [9.17, 15) is 4.79 Å². The quantitative estimate of drug-likeness (QED) is 0.553. The van der Waals surface area contributed by atoms with Crippen LogP contribution in [0.5, 0.6) is 0 Å². The molecule has 0 heterocycles. The smallest absolute Gasteiger partial charge is 0.213 e. The summed E-state index contributed by atoms with van der Waals surface area (Å²) in [6.45, 7) is 2.19. The fraction of sp³-hybridized carbons (Fsp3) is 0.833. The first-order chi connectivity index (χ1) is 4.22. The van der Waals surface area contributed by atoms with Crippen molar-refractivity contribution in [1.82, 2.24) is 4.90 Å². The topological polar surface area (TPSA) is 40.5 Å². The maximum Gasteiger partial charge on any atom is 0.213 e. The van der Waals surface area contributed by atoms with E-state index in [1.165, 1.54) is 0 Å². The summed E-state index contributed by atoms with van der Waals surface area (Å²) in [5, 5.41) is 8.56. The van der Waals surface area contributed by atoms with Gasteiger partial charge in [-0.2, -0.15) is 0 Å². The minimum absolute atomic E-state index is 0.0476. The lowest BCUT2D eigenvalue weighted by Crippen LogP contribution is -2.33. The second-order valence-electron chi connectivity index (χ2n) is 2.09. The van der Waals surface area contributed by atoms with Crippen LogP contribution in [0.1, 0.15) is 6.92 Å². The molecular formula is C6H12NO2. The Morgan fingerprint density at radius 2 is 2.33 bits per heavy atom. The van der Waals surface area contributed by atoms with Gasteiger partial charge < -0.3 is 5.11 Å². The Bertz CT molecular complexity index is 85.1. The van der Waals surface area contributed by atoms with Crippen LogP contribution in [0, 0.1) is 0 Å². The van der Waals surface area contributed by atoms with Crippen LogP contribution in [-0.2, 0) is 4.79 Å². The monoisotopic (exact) mass is 130 g/mol. The number of aliphatic hydroxyl groups is 1. The van der Waals surface area contributed by atoms with Gasteiger partial charge in [-0.1, -0.05) is 0 Å². The largest absolute Gasteiger partial charge is 0.395 e. The highest BCUT2D eigenvalue weighted by molar-refractivity contribution is 5.52. The molecule has 0 aromatic rings. The van der Waals surface area contributed by atoms with Crippen LogP contribution in [0.3, 0.4) is 0 Å². The molecular weight excluding hydrogens is 118 g/mol. The van der Waals surface area contributed by atoms with Crippen molar-refractivity contribution in [2.45, 2.75) is 13.0 Å². The molecule has 1 radical (unpaired) electrons. The van der Waals surface area contributed by atoms with Crippen LogP contribution in [0.15, 0.2) is 0 Å². The highest BCUT2D eigenvalue weighted by Gasteiger charge is 2.05. The number of rotatable bonds is 4. The summed E-state index contributed by atoms with van der Waals surface area (Å²) in [7, 11) is 1.77. The van der Waals surface area contributed by atoms with Gasteiger partial charge in [-0.15, -0.1) is 0 Å². The lowest BCUT2D eigenvalue weighted by molar-refractivity contribution is 0.172. The van der Waals surface area contributed by atoms with Gasteiger partial charge in [-0.25, -0.2) is 0 Å². The van der Waals surface area contributed by atoms with E-state index < -0.39 is 0 Å². The summed E-state index contributed by atoms with van der Waals surface area (Å²) in [6, 6.07) is 0.0476. The predicted molar refractivity (Wildman–Crippen MR) is 34.9 cm³/mol. The molecule has 0 spiro atoms. The number of carbonyl (C=O) groups excluding carboxylic acids is 1. The molecule has 53 valence electrons. The molecule has 0 saturated carbocycles. The van der Waals surface area contributed by atoms with Crippen LogP contribution in [-0.4, -0.2) is 42.5 Å². The molecule has 3 heteroatoms. The number of hydrogen-bond donors (Lipinski definition) is 1. The SMILES string of the molecule is CC(CO)N(C)C[C]=O. The van der Waals surface area contributed by atoms with Gasteiger partial charge in [0.2, 0.25) is 6.29 Å². The number of likely N-dealkylation sites (N-methyl/N-ethyl adjacent to an activating group) is 1. The Hall–Kier alpha value is -0.410. The number of aliphatic hydroxyl groups excluding tert-OH is 1. The lowest BCUT2D eigenvalue weighted by atomic mass is 10.3. The molecule has 0 bridgehead atoms. The molecule has 1 N–H and O–H groups in total. The molecule has 9 heavy (non-hydrogen) atoms. The summed E-state index contributed by atoms with van der Waals surface area (Å²) in [5.41, 5.74) is 0. The Labute approximate surface area is 55.3 Å². The molecule has 0 aliphatic heterocycles. The van der Waals surface area contributed by atoms with E-state index in [2.05, 4.69) is 0 Å². The second-order valence-corrected chi connectivity index (χ2v) is 2.09. The summed E-state index contributed by atoms with van der Waals surface area (Å²) in [6.07, 6.45) is 1.75.